The number of aromatic nitrogens is 2. The molecule has 0 aliphatic heterocycles. The van der Waals surface area contributed by atoms with Crippen LogP contribution in [0.3, 0.4) is 0 Å². The normalized spacial score (nSPS) is 9.77. The fourth-order valence-electron chi connectivity index (χ4n) is 1.79. The standard InChI is InChI=1S/C14H14N6O2/c15-10-11-9-12(20(21)22)3-4-13(11)16-5-1-6-17-14-18-7-2-8-19-14/h2-4,7-9,16H,1,5-6H2,(H,17,18,19). The minimum Gasteiger partial charge on any atom is -0.384 e. The van der Waals surface area contributed by atoms with Gasteiger partial charge < -0.3 is 10.6 Å². The lowest BCUT2D eigenvalue weighted by atomic mass is 10.1. The SMILES string of the molecule is N#Cc1cc([N+](=O)[O-])ccc1NCCCNc1ncccn1. The van der Waals surface area contributed by atoms with Gasteiger partial charge in [0.2, 0.25) is 5.95 Å². The Morgan fingerprint density at radius 3 is 2.64 bits per heavy atom. The Morgan fingerprint density at radius 2 is 1.95 bits per heavy atom. The van der Waals surface area contributed by atoms with Crippen molar-refractivity contribution in [2.24, 2.45) is 0 Å². The summed E-state index contributed by atoms with van der Waals surface area (Å²) in [7, 11) is 0. The summed E-state index contributed by atoms with van der Waals surface area (Å²) < 4.78 is 0. The van der Waals surface area contributed by atoms with Crippen LogP contribution in [-0.2, 0) is 0 Å². The first-order valence-corrected chi connectivity index (χ1v) is 6.64. The molecule has 2 rings (SSSR count). The molecule has 0 spiro atoms. The minimum atomic E-state index is -0.519. The van der Waals surface area contributed by atoms with Crippen LogP contribution in [0.15, 0.2) is 36.7 Å². The third-order valence-electron chi connectivity index (χ3n) is 2.85. The zero-order valence-electron chi connectivity index (χ0n) is 11.7. The summed E-state index contributed by atoms with van der Waals surface area (Å²) >= 11 is 0. The highest BCUT2D eigenvalue weighted by Gasteiger charge is 2.10. The quantitative estimate of drug-likeness (QED) is 0.457. The van der Waals surface area contributed by atoms with Crippen LogP contribution in [0.1, 0.15) is 12.0 Å². The second kappa shape index (κ2) is 7.54. The topological polar surface area (TPSA) is 117 Å². The van der Waals surface area contributed by atoms with Gasteiger partial charge in [0.25, 0.3) is 5.69 Å². The Kier molecular flexibility index (Phi) is 5.20. The van der Waals surface area contributed by atoms with Crippen LogP contribution in [-0.4, -0.2) is 28.0 Å². The molecule has 0 atom stereocenters. The van der Waals surface area contributed by atoms with Crippen molar-refractivity contribution in [1.82, 2.24) is 9.97 Å². The molecule has 2 aromatic rings. The number of nitrogens with zero attached hydrogens (tertiary/aromatic N) is 4. The molecule has 0 fully saturated rings. The molecule has 0 radical (unpaired) electrons. The van der Waals surface area contributed by atoms with Crippen LogP contribution < -0.4 is 10.6 Å². The maximum atomic E-state index is 10.7. The molecule has 112 valence electrons. The summed E-state index contributed by atoms with van der Waals surface area (Å²) in [5.74, 6) is 0.565. The molecule has 8 heteroatoms. The summed E-state index contributed by atoms with van der Waals surface area (Å²) in [5.41, 5.74) is 0.752. The average molecular weight is 298 g/mol. The van der Waals surface area contributed by atoms with Gasteiger partial charge in [-0.25, -0.2) is 9.97 Å². The Hall–Kier alpha value is -3.21. The van der Waals surface area contributed by atoms with E-state index in [1.165, 1.54) is 12.1 Å². The molecule has 0 aliphatic rings. The molecule has 1 aromatic carbocycles. The molecule has 0 amide bonds. The van der Waals surface area contributed by atoms with E-state index < -0.39 is 4.92 Å². The first-order chi connectivity index (χ1) is 10.7. The van der Waals surface area contributed by atoms with Crippen LogP contribution in [0.25, 0.3) is 0 Å². The van der Waals surface area contributed by atoms with E-state index in [9.17, 15) is 10.1 Å². The number of nitrogens with one attached hydrogen (secondary N) is 2. The number of anilines is 2. The van der Waals surface area contributed by atoms with E-state index >= 15 is 0 Å². The average Bonchev–Trinajstić information content (AvgIpc) is 2.55. The molecule has 0 aliphatic carbocycles. The molecule has 0 unspecified atom stereocenters. The molecular formula is C14H14N6O2. The highest BCUT2D eigenvalue weighted by atomic mass is 16.6. The van der Waals surface area contributed by atoms with Crippen LogP contribution in [0.2, 0.25) is 0 Å². The number of benzene rings is 1. The first kappa shape index (κ1) is 15.2. The number of hydrogen-bond acceptors (Lipinski definition) is 7. The zero-order chi connectivity index (χ0) is 15.8. The van der Waals surface area contributed by atoms with Gasteiger partial charge in [0, 0.05) is 37.6 Å². The second-order valence-corrected chi connectivity index (χ2v) is 4.38. The van der Waals surface area contributed by atoms with Gasteiger partial charge in [-0.15, -0.1) is 0 Å². The second-order valence-electron chi connectivity index (χ2n) is 4.38. The van der Waals surface area contributed by atoms with Gasteiger partial charge in [0.05, 0.1) is 16.2 Å². The Balaban J connectivity index is 1.82. The van der Waals surface area contributed by atoms with Gasteiger partial charge in [-0.05, 0) is 18.6 Å². The molecule has 1 aromatic heterocycles. The van der Waals surface area contributed by atoms with E-state index in [4.69, 9.17) is 5.26 Å². The summed E-state index contributed by atoms with van der Waals surface area (Å²) in [6.07, 6.45) is 4.09. The van der Waals surface area contributed by atoms with E-state index in [0.29, 0.717) is 24.7 Å². The summed E-state index contributed by atoms with van der Waals surface area (Å²) in [4.78, 5) is 18.2. The van der Waals surface area contributed by atoms with Crippen molar-refractivity contribution in [2.45, 2.75) is 6.42 Å². The van der Waals surface area contributed by atoms with Gasteiger partial charge in [0.1, 0.15) is 6.07 Å². The highest BCUT2D eigenvalue weighted by Crippen LogP contribution is 2.21. The van der Waals surface area contributed by atoms with Crippen LogP contribution in [0.4, 0.5) is 17.3 Å². The zero-order valence-corrected chi connectivity index (χ0v) is 11.7. The van der Waals surface area contributed by atoms with E-state index in [0.717, 1.165) is 6.42 Å². The molecule has 2 N–H and O–H groups in total. The van der Waals surface area contributed by atoms with Crippen molar-refractivity contribution in [3.05, 3.63) is 52.3 Å². The molecule has 8 nitrogen and oxygen atoms in total. The van der Waals surface area contributed by atoms with Crippen molar-refractivity contribution in [3.8, 4) is 6.07 Å². The maximum absolute atomic E-state index is 10.7. The highest BCUT2D eigenvalue weighted by molar-refractivity contribution is 5.61. The van der Waals surface area contributed by atoms with Crippen LogP contribution in [0.5, 0.6) is 0 Å². The number of nitriles is 1. The van der Waals surface area contributed by atoms with Crippen LogP contribution >= 0.6 is 0 Å². The molecule has 22 heavy (non-hydrogen) atoms. The van der Waals surface area contributed by atoms with Crippen molar-refractivity contribution in [1.29, 1.82) is 5.26 Å². The summed E-state index contributed by atoms with van der Waals surface area (Å²) in [6.45, 7) is 1.29. The number of nitro groups is 1. The van der Waals surface area contributed by atoms with Crippen molar-refractivity contribution >= 4 is 17.3 Å². The number of non-ortho nitro benzene ring substituents is 1. The van der Waals surface area contributed by atoms with Crippen molar-refractivity contribution in [3.63, 3.8) is 0 Å². The van der Waals surface area contributed by atoms with Gasteiger partial charge >= 0.3 is 0 Å². The Bertz CT molecular complexity index is 683. The predicted molar refractivity (Wildman–Crippen MR) is 81.4 cm³/mol. The molecule has 0 bridgehead atoms. The van der Waals surface area contributed by atoms with Crippen molar-refractivity contribution < 1.29 is 4.92 Å². The van der Waals surface area contributed by atoms with Gasteiger partial charge in [-0.3, -0.25) is 10.1 Å². The third kappa shape index (κ3) is 4.14. The Morgan fingerprint density at radius 1 is 1.23 bits per heavy atom. The molecule has 0 saturated carbocycles. The third-order valence-corrected chi connectivity index (χ3v) is 2.85. The smallest absolute Gasteiger partial charge is 0.270 e. The summed E-state index contributed by atoms with van der Waals surface area (Å²) in [5, 5.41) is 25.9. The number of hydrogen-bond donors (Lipinski definition) is 2. The lowest BCUT2D eigenvalue weighted by molar-refractivity contribution is -0.384. The van der Waals surface area contributed by atoms with Gasteiger partial charge in [0.15, 0.2) is 0 Å². The summed E-state index contributed by atoms with van der Waals surface area (Å²) in [6, 6.07) is 7.88. The lowest BCUT2D eigenvalue weighted by Crippen LogP contribution is -2.11. The Labute approximate surface area is 127 Å². The number of rotatable bonds is 7. The number of nitro benzene ring substituents is 1. The van der Waals surface area contributed by atoms with E-state index in [1.807, 2.05) is 6.07 Å². The fourth-order valence-corrected chi connectivity index (χ4v) is 1.79. The molecule has 1 heterocycles. The predicted octanol–water partition coefficient (Wildman–Crippen LogP) is 2.17. The molecule has 0 saturated heterocycles. The van der Waals surface area contributed by atoms with E-state index in [2.05, 4.69) is 20.6 Å². The van der Waals surface area contributed by atoms with Gasteiger partial charge in [-0.1, -0.05) is 0 Å². The largest absolute Gasteiger partial charge is 0.384 e. The minimum absolute atomic E-state index is 0.0926. The van der Waals surface area contributed by atoms with E-state index in [1.54, 1.807) is 24.5 Å². The fraction of sp³-hybridized carbons (Fsp3) is 0.214. The van der Waals surface area contributed by atoms with Crippen molar-refractivity contribution in [2.75, 3.05) is 23.7 Å². The maximum Gasteiger partial charge on any atom is 0.270 e. The van der Waals surface area contributed by atoms with Crippen LogP contribution in [0, 0.1) is 21.4 Å². The van der Waals surface area contributed by atoms with E-state index in [-0.39, 0.29) is 11.3 Å². The monoisotopic (exact) mass is 298 g/mol. The lowest BCUT2D eigenvalue weighted by Gasteiger charge is -2.08. The first-order valence-electron chi connectivity index (χ1n) is 6.64. The molecular weight excluding hydrogens is 284 g/mol. The van der Waals surface area contributed by atoms with Gasteiger partial charge in [-0.2, -0.15) is 5.26 Å².